The van der Waals surface area contributed by atoms with Crippen LogP contribution in [0.2, 0.25) is 5.02 Å². The highest BCUT2D eigenvalue weighted by atomic mass is 35.5. The molecule has 0 saturated heterocycles. The number of hydrogen-bond donors (Lipinski definition) is 1. The fourth-order valence-electron chi connectivity index (χ4n) is 1.94. The number of hydrogen-bond acceptors (Lipinski definition) is 2. The molecule has 0 spiro atoms. The largest absolute Gasteiger partial charge is 0.328 e. The molecule has 0 amide bonds. The summed E-state index contributed by atoms with van der Waals surface area (Å²) in [5.74, 6) is 0. The SMILES string of the molecule is NC1CCC(F)(c2sccc2Cl)CC1. The zero-order chi connectivity index (χ0) is 10.2. The topological polar surface area (TPSA) is 26.0 Å². The minimum Gasteiger partial charge on any atom is -0.328 e. The predicted octanol–water partition coefficient (Wildman–Crippen LogP) is 3.47. The highest BCUT2D eigenvalue weighted by molar-refractivity contribution is 7.10. The van der Waals surface area contributed by atoms with E-state index in [9.17, 15) is 4.39 Å². The molecule has 2 rings (SSSR count). The van der Waals surface area contributed by atoms with Crippen molar-refractivity contribution >= 4 is 22.9 Å². The monoisotopic (exact) mass is 233 g/mol. The second-order valence-electron chi connectivity index (χ2n) is 3.90. The summed E-state index contributed by atoms with van der Waals surface area (Å²) in [5, 5.41) is 2.40. The van der Waals surface area contributed by atoms with E-state index < -0.39 is 5.67 Å². The van der Waals surface area contributed by atoms with Gasteiger partial charge in [0.25, 0.3) is 0 Å². The van der Waals surface area contributed by atoms with E-state index in [-0.39, 0.29) is 6.04 Å². The van der Waals surface area contributed by atoms with Crippen LogP contribution in [0.1, 0.15) is 30.6 Å². The van der Waals surface area contributed by atoms with Crippen LogP contribution in [0.4, 0.5) is 4.39 Å². The first-order chi connectivity index (χ1) is 6.62. The second kappa shape index (κ2) is 3.80. The zero-order valence-corrected chi connectivity index (χ0v) is 9.37. The van der Waals surface area contributed by atoms with Crippen LogP contribution >= 0.6 is 22.9 Å². The highest BCUT2D eigenvalue weighted by Gasteiger charge is 2.38. The molecule has 1 aliphatic rings. The smallest absolute Gasteiger partial charge is 0.146 e. The zero-order valence-electron chi connectivity index (χ0n) is 7.80. The molecule has 4 heteroatoms. The quantitative estimate of drug-likeness (QED) is 0.790. The van der Waals surface area contributed by atoms with E-state index in [1.54, 1.807) is 6.07 Å². The summed E-state index contributed by atoms with van der Waals surface area (Å²) < 4.78 is 14.4. The van der Waals surface area contributed by atoms with Crippen LogP contribution in [0, 0.1) is 0 Å². The summed E-state index contributed by atoms with van der Waals surface area (Å²) in [7, 11) is 0. The van der Waals surface area contributed by atoms with Gasteiger partial charge in [0.15, 0.2) is 0 Å². The van der Waals surface area contributed by atoms with E-state index in [0.29, 0.717) is 22.7 Å². The molecule has 1 nitrogen and oxygen atoms in total. The van der Waals surface area contributed by atoms with Crippen LogP contribution in [0.15, 0.2) is 11.4 Å². The van der Waals surface area contributed by atoms with Crippen LogP contribution in [0.3, 0.4) is 0 Å². The molecular weight excluding hydrogens is 221 g/mol. The summed E-state index contributed by atoms with van der Waals surface area (Å²) >= 11 is 7.35. The molecule has 14 heavy (non-hydrogen) atoms. The minimum atomic E-state index is -1.22. The van der Waals surface area contributed by atoms with Crippen LogP contribution in [-0.2, 0) is 5.67 Å². The average Bonchev–Trinajstić information content (AvgIpc) is 2.58. The molecule has 1 fully saturated rings. The Morgan fingerprint density at radius 1 is 1.50 bits per heavy atom. The van der Waals surface area contributed by atoms with Crippen molar-refractivity contribution < 1.29 is 4.39 Å². The highest BCUT2D eigenvalue weighted by Crippen LogP contribution is 2.45. The average molecular weight is 234 g/mol. The Morgan fingerprint density at radius 2 is 2.14 bits per heavy atom. The van der Waals surface area contributed by atoms with Gasteiger partial charge in [0.1, 0.15) is 5.67 Å². The van der Waals surface area contributed by atoms with Gasteiger partial charge in [-0.2, -0.15) is 0 Å². The Hall–Kier alpha value is -0.120. The standard InChI is InChI=1S/C10H13ClFNS/c11-8-3-6-14-9(8)10(12)4-1-7(13)2-5-10/h3,6-7H,1-2,4-5,13H2. The number of halogens is 2. The molecule has 0 radical (unpaired) electrons. The lowest BCUT2D eigenvalue weighted by molar-refractivity contribution is 0.102. The molecule has 0 aromatic carbocycles. The van der Waals surface area contributed by atoms with Crippen LogP contribution in [0.25, 0.3) is 0 Å². The molecule has 0 unspecified atom stereocenters. The molecule has 0 aliphatic heterocycles. The van der Waals surface area contributed by atoms with Crippen LogP contribution in [0.5, 0.6) is 0 Å². The Labute approximate surface area is 92.1 Å². The van der Waals surface area contributed by atoms with Gasteiger partial charge in [-0.05, 0) is 37.1 Å². The number of nitrogens with two attached hydrogens (primary N) is 1. The Morgan fingerprint density at radius 3 is 2.64 bits per heavy atom. The first-order valence-corrected chi connectivity index (χ1v) is 6.05. The fraction of sp³-hybridized carbons (Fsp3) is 0.600. The second-order valence-corrected chi connectivity index (χ2v) is 5.22. The van der Waals surface area contributed by atoms with E-state index in [0.717, 1.165) is 12.8 Å². The van der Waals surface area contributed by atoms with Crippen molar-refractivity contribution in [3.05, 3.63) is 21.3 Å². The summed E-state index contributed by atoms with van der Waals surface area (Å²) in [6, 6.07) is 1.93. The summed E-state index contributed by atoms with van der Waals surface area (Å²) in [4.78, 5) is 0.686. The first-order valence-electron chi connectivity index (χ1n) is 4.80. The van der Waals surface area contributed by atoms with Gasteiger partial charge in [-0.25, -0.2) is 4.39 Å². The number of alkyl halides is 1. The number of rotatable bonds is 1. The number of thiophene rings is 1. The van der Waals surface area contributed by atoms with Crippen molar-refractivity contribution in [2.45, 2.75) is 37.4 Å². The predicted molar refractivity (Wildman–Crippen MR) is 58.6 cm³/mol. The lowest BCUT2D eigenvalue weighted by Crippen LogP contribution is -2.33. The third kappa shape index (κ3) is 1.81. The van der Waals surface area contributed by atoms with E-state index in [4.69, 9.17) is 17.3 Å². The molecule has 1 aliphatic carbocycles. The van der Waals surface area contributed by atoms with Crippen molar-refractivity contribution in [3.8, 4) is 0 Å². The summed E-state index contributed by atoms with van der Waals surface area (Å²) in [6.07, 6.45) is 2.53. The fourth-order valence-corrected chi connectivity index (χ4v) is 3.31. The van der Waals surface area contributed by atoms with Gasteiger partial charge in [0.05, 0.1) is 9.90 Å². The van der Waals surface area contributed by atoms with Crippen molar-refractivity contribution in [1.82, 2.24) is 0 Å². The Bertz CT molecular complexity index is 318. The minimum absolute atomic E-state index is 0.164. The van der Waals surface area contributed by atoms with Gasteiger partial charge >= 0.3 is 0 Å². The molecular formula is C10H13ClFNS. The van der Waals surface area contributed by atoms with Gasteiger partial charge in [0.2, 0.25) is 0 Å². The van der Waals surface area contributed by atoms with Gasteiger partial charge in [0, 0.05) is 6.04 Å². The maximum atomic E-state index is 14.4. The Balaban J connectivity index is 2.21. The third-order valence-corrected chi connectivity index (χ3v) is 4.37. The lowest BCUT2D eigenvalue weighted by atomic mass is 9.83. The normalized spacial score (nSPS) is 33.2. The molecule has 0 atom stereocenters. The van der Waals surface area contributed by atoms with E-state index in [2.05, 4.69) is 0 Å². The molecule has 2 N–H and O–H groups in total. The van der Waals surface area contributed by atoms with Crippen LogP contribution in [-0.4, -0.2) is 6.04 Å². The van der Waals surface area contributed by atoms with E-state index >= 15 is 0 Å². The van der Waals surface area contributed by atoms with E-state index in [1.165, 1.54) is 11.3 Å². The summed E-state index contributed by atoms with van der Waals surface area (Å²) in [5.41, 5.74) is 4.53. The lowest BCUT2D eigenvalue weighted by Gasteiger charge is -2.31. The maximum Gasteiger partial charge on any atom is 0.146 e. The molecule has 1 saturated carbocycles. The van der Waals surface area contributed by atoms with Crippen molar-refractivity contribution in [2.24, 2.45) is 5.73 Å². The van der Waals surface area contributed by atoms with Crippen molar-refractivity contribution in [1.29, 1.82) is 0 Å². The third-order valence-electron chi connectivity index (χ3n) is 2.85. The first kappa shape index (κ1) is 10.4. The summed E-state index contributed by atoms with van der Waals surface area (Å²) in [6.45, 7) is 0. The van der Waals surface area contributed by atoms with E-state index in [1.807, 2.05) is 5.38 Å². The molecule has 1 heterocycles. The Kier molecular flexibility index (Phi) is 2.82. The molecule has 1 aromatic heterocycles. The molecule has 1 aromatic rings. The molecule has 78 valence electrons. The van der Waals surface area contributed by atoms with Crippen LogP contribution < -0.4 is 5.73 Å². The molecule has 0 bridgehead atoms. The van der Waals surface area contributed by atoms with Gasteiger partial charge in [-0.3, -0.25) is 0 Å². The van der Waals surface area contributed by atoms with Gasteiger partial charge < -0.3 is 5.73 Å². The van der Waals surface area contributed by atoms with Crippen molar-refractivity contribution in [2.75, 3.05) is 0 Å². The van der Waals surface area contributed by atoms with Gasteiger partial charge in [-0.15, -0.1) is 11.3 Å². The maximum absolute atomic E-state index is 14.4. The van der Waals surface area contributed by atoms with Gasteiger partial charge in [-0.1, -0.05) is 11.6 Å². The van der Waals surface area contributed by atoms with Crippen molar-refractivity contribution in [3.63, 3.8) is 0 Å².